The highest BCUT2D eigenvalue weighted by molar-refractivity contribution is 6.31. The third-order valence-electron chi connectivity index (χ3n) is 5.27. The second-order valence-electron chi connectivity index (χ2n) is 7.26. The molecule has 1 amide bonds. The van der Waals surface area contributed by atoms with E-state index in [1.807, 2.05) is 6.07 Å². The van der Waals surface area contributed by atoms with E-state index in [0.717, 1.165) is 23.7 Å². The summed E-state index contributed by atoms with van der Waals surface area (Å²) in [5.41, 5.74) is 7.93. The van der Waals surface area contributed by atoms with Crippen molar-refractivity contribution in [2.75, 3.05) is 24.1 Å². The number of nitrogens with two attached hydrogens (primary N) is 1. The summed E-state index contributed by atoms with van der Waals surface area (Å²) in [5.74, 6) is 0.862. The van der Waals surface area contributed by atoms with Gasteiger partial charge in [0.2, 0.25) is 5.91 Å². The topological polar surface area (TPSA) is 84.1 Å². The van der Waals surface area contributed by atoms with Crippen LogP contribution in [-0.2, 0) is 4.79 Å². The molecule has 0 atom stereocenters. The number of carbonyl (C=O) groups is 1. The Morgan fingerprint density at radius 1 is 1.23 bits per heavy atom. The average molecular weight is 426 g/mol. The van der Waals surface area contributed by atoms with Crippen LogP contribution in [-0.4, -0.2) is 33.9 Å². The summed E-state index contributed by atoms with van der Waals surface area (Å²) in [4.78, 5) is 23.1. The third kappa shape index (κ3) is 4.07. The van der Waals surface area contributed by atoms with Crippen molar-refractivity contribution in [2.24, 2.45) is 0 Å². The van der Waals surface area contributed by atoms with Crippen molar-refractivity contribution in [1.29, 1.82) is 0 Å². The van der Waals surface area contributed by atoms with Crippen molar-refractivity contribution in [3.8, 4) is 0 Å². The molecule has 1 aliphatic heterocycles. The van der Waals surface area contributed by atoms with Gasteiger partial charge in [0, 0.05) is 35.8 Å². The number of likely N-dealkylation sites (tertiary alicyclic amines) is 1. The minimum absolute atomic E-state index is 0.0253. The van der Waals surface area contributed by atoms with Gasteiger partial charge in [-0.15, -0.1) is 0 Å². The summed E-state index contributed by atoms with van der Waals surface area (Å²) >= 11 is 5.92. The summed E-state index contributed by atoms with van der Waals surface area (Å²) < 4.78 is 13.5. The molecule has 0 saturated carbocycles. The number of hydrogen-bond acceptors (Lipinski definition) is 5. The first kappa shape index (κ1) is 20.1. The molecule has 6 nitrogen and oxygen atoms in total. The zero-order valence-electron chi connectivity index (χ0n) is 16.2. The van der Waals surface area contributed by atoms with Crippen LogP contribution < -0.4 is 11.1 Å². The van der Waals surface area contributed by atoms with Gasteiger partial charge in [0.1, 0.15) is 17.5 Å². The fourth-order valence-electron chi connectivity index (χ4n) is 3.64. The van der Waals surface area contributed by atoms with E-state index < -0.39 is 5.82 Å². The molecule has 4 rings (SSSR count). The number of nitrogen functional groups attached to an aromatic ring is 1. The largest absolute Gasteiger partial charge is 0.399 e. The van der Waals surface area contributed by atoms with Gasteiger partial charge in [0.15, 0.2) is 0 Å². The van der Waals surface area contributed by atoms with Gasteiger partial charge in [-0.25, -0.2) is 14.4 Å². The second-order valence-corrected chi connectivity index (χ2v) is 7.67. The molecule has 0 bridgehead atoms. The Morgan fingerprint density at radius 3 is 2.70 bits per heavy atom. The lowest BCUT2D eigenvalue weighted by atomic mass is 9.95. The van der Waals surface area contributed by atoms with Crippen LogP contribution in [0.4, 0.5) is 21.6 Å². The van der Waals surface area contributed by atoms with Crippen molar-refractivity contribution < 1.29 is 9.18 Å². The van der Waals surface area contributed by atoms with Gasteiger partial charge < -0.3 is 16.0 Å². The fourth-order valence-corrected chi connectivity index (χ4v) is 3.82. The summed E-state index contributed by atoms with van der Waals surface area (Å²) in [7, 11) is 0. The predicted molar refractivity (Wildman–Crippen MR) is 117 cm³/mol. The highest BCUT2D eigenvalue weighted by atomic mass is 35.5. The van der Waals surface area contributed by atoms with E-state index in [1.165, 1.54) is 18.2 Å². The van der Waals surface area contributed by atoms with Crippen molar-refractivity contribution >= 4 is 45.6 Å². The van der Waals surface area contributed by atoms with E-state index in [0.29, 0.717) is 36.1 Å². The molecule has 2 heterocycles. The summed E-state index contributed by atoms with van der Waals surface area (Å²) in [6.07, 6.45) is 2.87. The lowest BCUT2D eigenvalue weighted by Gasteiger charge is -2.30. The monoisotopic (exact) mass is 425 g/mol. The van der Waals surface area contributed by atoms with Gasteiger partial charge in [0.25, 0.3) is 0 Å². The van der Waals surface area contributed by atoms with Gasteiger partial charge in [-0.2, -0.15) is 0 Å². The average Bonchev–Trinajstić information content (AvgIpc) is 2.76. The maximum Gasteiger partial charge on any atom is 0.245 e. The highest BCUT2D eigenvalue weighted by Crippen LogP contribution is 2.32. The van der Waals surface area contributed by atoms with Gasteiger partial charge in [0.05, 0.1) is 10.5 Å². The molecule has 1 fully saturated rings. The number of nitrogens with one attached hydrogen (secondary N) is 1. The number of rotatable bonds is 4. The van der Waals surface area contributed by atoms with E-state index in [1.54, 1.807) is 23.1 Å². The van der Waals surface area contributed by atoms with Crippen LogP contribution in [0.2, 0.25) is 5.02 Å². The fraction of sp³-hybridized carbons (Fsp3) is 0.227. The van der Waals surface area contributed by atoms with Crippen LogP contribution in [0.25, 0.3) is 10.9 Å². The molecule has 3 aromatic rings. The Morgan fingerprint density at radius 2 is 2.00 bits per heavy atom. The Kier molecular flexibility index (Phi) is 5.55. The van der Waals surface area contributed by atoms with E-state index in [4.69, 9.17) is 27.3 Å². The number of anilines is 3. The van der Waals surface area contributed by atoms with Gasteiger partial charge in [-0.1, -0.05) is 18.2 Å². The number of amides is 1. The Labute approximate surface area is 178 Å². The molecule has 8 heteroatoms. The number of nitrogens with zero attached hydrogens (tertiary/aromatic N) is 3. The molecular weight excluding hydrogens is 405 g/mol. The van der Waals surface area contributed by atoms with E-state index >= 15 is 0 Å². The number of hydrogen-bond donors (Lipinski definition) is 2. The van der Waals surface area contributed by atoms with Crippen LogP contribution in [0.3, 0.4) is 0 Å². The summed E-state index contributed by atoms with van der Waals surface area (Å²) in [5, 5.41) is 4.01. The number of aromatic nitrogens is 2. The van der Waals surface area contributed by atoms with Crippen LogP contribution in [0.5, 0.6) is 0 Å². The zero-order chi connectivity index (χ0) is 21.3. The van der Waals surface area contributed by atoms with Crippen molar-refractivity contribution in [3.63, 3.8) is 0 Å². The molecule has 1 saturated heterocycles. The lowest BCUT2D eigenvalue weighted by Crippen LogP contribution is -2.37. The first-order valence-corrected chi connectivity index (χ1v) is 10.0. The molecule has 2 aromatic carbocycles. The molecule has 3 N–H and O–H groups in total. The van der Waals surface area contributed by atoms with Crippen LogP contribution in [0, 0.1) is 5.82 Å². The molecule has 1 aliphatic rings. The first-order valence-electron chi connectivity index (χ1n) is 9.65. The van der Waals surface area contributed by atoms with Crippen molar-refractivity contribution in [2.45, 2.75) is 18.8 Å². The SMILES string of the molecule is C=CC(=O)N1CCC(c2nc(Nc3ccc(F)c(Cl)c3)c3cc(N)ccc3n2)CC1. The molecule has 0 spiro atoms. The number of carbonyl (C=O) groups excluding carboxylic acids is 1. The normalized spacial score (nSPS) is 14.7. The van der Waals surface area contributed by atoms with Crippen molar-refractivity contribution in [1.82, 2.24) is 14.9 Å². The third-order valence-corrected chi connectivity index (χ3v) is 5.56. The molecule has 30 heavy (non-hydrogen) atoms. The molecule has 0 unspecified atom stereocenters. The number of piperidine rings is 1. The number of benzene rings is 2. The quantitative estimate of drug-likeness (QED) is 0.470. The lowest BCUT2D eigenvalue weighted by molar-refractivity contribution is -0.127. The van der Waals surface area contributed by atoms with Crippen LogP contribution >= 0.6 is 11.6 Å². The predicted octanol–water partition coefficient (Wildman–Crippen LogP) is 4.64. The van der Waals surface area contributed by atoms with Crippen LogP contribution in [0.15, 0.2) is 49.1 Å². The van der Waals surface area contributed by atoms with E-state index in [-0.39, 0.29) is 16.8 Å². The van der Waals surface area contributed by atoms with Gasteiger partial charge in [-0.05, 0) is 55.3 Å². The van der Waals surface area contributed by atoms with E-state index in [9.17, 15) is 9.18 Å². The van der Waals surface area contributed by atoms with Gasteiger partial charge >= 0.3 is 0 Å². The molecule has 0 aliphatic carbocycles. The van der Waals surface area contributed by atoms with Crippen molar-refractivity contribution in [3.05, 3.63) is 65.7 Å². The molecule has 154 valence electrons. The Bertz CT molecular complexity index is 1130. The maximum absolute atomic E-state index is 13.5. The molecular formula is C22H21ClFN5O. The Hall–Kier alpha value is -3.19. The van der Waals surface area contributed by atoms with Gasteiger partial charge in [-0.3, -0.25) is 4.79 Å². The highest BCUT2D eigenvalue weighted by Gasteiger charge is 2.25. The zero-order valence-corrected chi connectivity index (χ0v) is 17.0. The number of halogens is 2. The van der Waals surface area contributed by atoms with E-state index in [2.05, 4.69) is 11.9 Å². The standard InChI is InChI=1S/C22H21ClFN5O/c1-2-20(30)29-9-7-13(8-10-29)21-27-19-6-3-14(25)11-16(19)22(28-21)26-15-4-5-18(24)17(23)12-15/h2-6,11-13H,1,7-10,25H2,(H,26,27,28). The minimum atomic E-state index is -0.486. The maximum atomic E-state index is 13.5. The minimum Gasteiger partial charge on any atom is -0.399 e. The Balaban J connectivity index is 1.68. The second kappa shape index (κ2) is 8.28. The summed E-state index contributed by atoms with van der Waals surface area (Å²) in [6, 6.07) is 9.86. The summed E-state index contributed by atoms with van der Waals surface area (Å²) in [6.45, 7) is 4.82. The molecule has 0 radical (unpaired) electrons. The smallest absolute Gasteiger partial charge is 0.245 e. The number of fused-ring (bicyclic) bond motifs is 1. The van der Waals surface area contributed by atoms with Crippen LogP contribution in [0.1, 0.15) is 24.6 Å². The molecule has 1 aromatic heterocycles. The first-order chi connectivity index (χ1) is 14.4.